The first-order valence-electron chi connectivity index (χ1n) is 5.33. The quantitative estimate of drug-likeness (QED) is 0.502. The van der Waals surface area contributed by atoms with Crippen molar-refractivity contribution in [3.8, 4) is 0 Å². The van der Waals surface area contributed by atoms with Crippen LogP contribution in [0.5, 0.6) is 0 Å². The van der Waals surface area contributed by atoms with E-state index in [-0.39, 0.29) is 23.7 Å². The fourth-order valence-electron chi connectivity index (χ4n) is 1.46. The molecule has 0 saturated carbocycles. The first-order valence-corrected chi connectivity index (χ1v) is 6.49. The molecule has 7 nitrogen and oxygen atoms in total. The van der Waals surface area contributed by atoms with E-state index in [9.17, 15) is 14.9 Å². The van der Waals surface area contributed by atoms with Crippen LogP contribution in [0.2, 0.25) is 0 Å². The Kier molecular flexibility index (Phi) is 5.74. The van der Waals surface area contributed by atoms with Crippen LogP contribution in [-0.2, 0) is 5.75 Å². The third kappa shape index (κ3) is 4.19. The number of nitrogens with zero attached hydrogens (tertiary/aromatic N) is 1. The van der Waals surface area contributed by atoms with Crippen molar-refractivity contribution < 1.29 is 25.0 Å². The molecule has 8 heteroatoms. The minimum Gasteiger partial charge on any atom is -0.477 e. The van der Waals surface area contributed by atoms with Gasteiger partial charge in [0.15, 0.2) is 0 Å². The number of carbonyl (C=O) groups is 1. The maximum absolute atomic E-state index is 11.1. The fourth-order valence-corrected chi connectivity index (χ4v) is 2.42. The molecule has 1 atom stereocenters. The Morgan fingerprint density at radius 1 is 1.47 bits per heavy atom. The summed E-state index contributed by atoms with van der Waals surface area (Å²) in [6, 6.07) is 4.05. The number of rotatable bonds is 7. The second kappa shape index (κ2) is 7.07. The molecule has 0 spiro atoms. The van der Waals surface area contributed by atoms with Gasteiger partial charge in [-0.25, -0.2) is 4.79 Å². The van der Waals surface area contributed by atoms with Crippen molar-refractivity contribution in [2.75, 3.05) is 12.4 Å². The van der Waals surface area contributed by atoms with Crippen LogP contribution in [0.1, 0.15) is 15.9 Å². The first-order chi connectivity index (χ1) is 8.97. The van der Waals surface area contributed by atoms with Gasteiger partial charge in [0.1, 0.15) is 5.56 Å². The summed E-state index contributed by atoms with van der Waals surface area (Å²) >= 11 is 1.20. The summed E-state index contributed by atoms with van der Waals surface area (Å²) in [5, 5.41) is 37.6. The monoisotopic (exact) mass is 287 g/mol. The van der Waals surface area contributed by atoms with Gasteiger partial charge in [0, 0.05) is 17.6 Å². The number of carboxylic acid groups (broad SMARTS) is 1. The van der Waals surface area contributed by atoms with Gasteiger partial charge in [-0.2, -0.15) is 11.8 Å². The van der Waals surface area contributed by atoms with E-state index in [0.717, 1.165) is 6.07 Å². The summed E-state index contributed by atoms with van der Waals surface area (Å²) in [6.45, 7) is -0.381. The van der Waals surface area contributed by atoms with Crippen molar-refractivity contribution in [3.05, 3.63) is 39.4 Å². The smallest absolute Gasteiger partial charge is 0.343 e. The van der Waals surface area contributed by atoms with Gasteiger partial charge in [-0.05, 0) is 5.56 Å². The van der Waals surface area contributed by atoms with Crippen LogP contribution in [0.4, 0.5) is 5.69 Å². The largest absolute Gasteiger partial charge is 0.477 e. The van der Waals surface area contributed by atoms with E-state index >= 15 is 0 Å². The molecule has 0 aliphatic rings. The van der Waals surface area contributed by atoms with Crippen LogP contribution in [0, 0.1) is 10.1 Å². The fraction of sp³-hybridized carbons (Fsp3) is 0.364. The highest BCUT2D eigenvalue weighted by molar-refractivity contribution is 7.98. The zero-order valence-corrected chi connectivity index (χ0v) is 10.7. The number of aliphatic hydroxyl groups excluding tert-OH is 2. The third-order valence-corrected chi connectivity index (χ3v) is 3.45. The van der Waals surface area contributed by atoms with Gasteiger partial charge in [-0.1, -0.05) is 12.1 Å². The average molecular weight is 287 g/mol. The van der Waals surface area contributed by atoms with Crippen LogP contribution in [0.25, 0.3) is 0 Å². The van der Waals surface area contributed by atoms with Crippen LogP contribution in [0.15, 0.2) is 18.2 Å². The molecule has 0 heterocycles. The van der Waals surface area contributed by atoms with Crippen molar-refractivity contribution in [1.82, 2.24) is 0 Å². The zero-order chi connectivity index (χ0) is 14.4. The number of nitro groups is 1. The molecule has 1 unspecified atom stereocenters. The van der Waals surface area contributed by atoms with Crippen molar-refractivity contribution in [1.29, 1.82) is 0 Å². The maximum atomic E-state index is 11.1. The summed E-state index contributed by atoms with van der Waals surface area (Å²) < 4.78 is 0. The Hall–Kier alpha value is -1.64. The Morgan fingerprint density at radius 2 is 2.16 bits per heavy atom. The highest BCUT2D eigenvalue weighted by Crippen LogP contribution is 2.25. The van der Waals surface area contributed by atoms with E-state index in [0.29, 0.717) is 5.56 Å². The zero-order valence-electron chi connectivity index (χ0n) is 9.85. The summed E-state index contributed by atoms with van der Waals surface area (Å²) in [7, 11) is 0. The average Bonchev–Trinajstić information content (AvgIpc) is 2.37. The normalized spacial score (nSPS) is 12.1. The minimum absolute atomic E-state index is 0.209. The highest BCUT2D eigenvalue weighted by Gasteiger charge is 2.23. The number of hydrogen-bond acceptors (Lipinski definition) is 6. The molecule has 0 aliphatic carbocycles. The van der Waals surface area contributed by atoms with Gasteiger partial charge in [-0.15, -0.1) is 0 Å². The molecule has 0 aromatic heterocycles. The van der Waals surface area contributed by atoms with E-state index in [2.05, 4.69) is 0 Å². The Labute approximate surface area is 113 Å². The molecule has 0 aliphatic heterocycles. The number of hydrogen-bond donors (Lipinski definition) is 3. The molecule has 3 N–H and O–H groups in total. The lowest BCUT2D eigenvalue weighted by Crippen LogP contribution is -2.15. The number of carboxylic acids is 1. The standard InChI is InChI=1S/C11H13NO6S/c13-4-8(14)6-19-5-7-2-1-3-9(12(17)18)10(7)11(15)16/h1-3,8,13-14H,4-6H2,(H,15,16). The van der Waals surface area contributed by atoms with E-state index in [1.807, 2.05) is 0 Å². The lowest BCUT2D eigenvalue weighted by Gasteiger charge is -2.08. The van der Waals surface area contributed by atoms with E-state index in [1.165, 1.54) is 23.9 Å². The van der Waals surface area contributed by atoms with Crippen LogP contribution in [0.3, 0.4) is 0 Å². The molecule has 104 valence electrons. The number of thioether (sulfide) groups is 1. The van der Waals surface area contributed by atoms with Gasteiger partial charge >= 0.3 is 5.97 Å². The molecule has 0 fully saturated rings. The summed E-state index contributed by atoms with van der Waals surface area (Å²) in [5.74, 6) is -0.927. The molecular weight excluding hydrogens is 274 g/mol. The van der Waals surface area contributed by atoms with E-state index < -0.39 is 22.7 Å². The molecule has 1 rings (SSSR count). The first kappa shape index (κ1) is 15.4. The molecule has 0 bridgehead atoms. The van der Waals surface area contributed by atoms with Crippen LogP contribution in [-0.4, -0.2) is 44.7 Å². The van der Waals surface area contributed by atoms with Crippen molar-refractivity contribution in [2.24, 2.45) is 0 Å². The van der Waals surface area contributed by atoms with Crippen molar-refractivity contribution in [2.45, 2.75) is 11.9 Å². The lowest BCUT2D eigenvalue weighted by molar-refractivity contribution is -0.385. The molecule has 0 amide bonds. The Balaban J connectivity index is 2.91. The van der Waals surface area contributed by atoms with Gasteiger partial charge in [0.25, 0.3) is 5.69 Å². The lowest BCUT2D eigenvalue weighted by atomic mass is 10.1. The highest BCUT2D eigenvalue weighted by atomic mass is 32.2. The molecular formula is C11H13NO6S. The molecule has 19 heavy (non-hydrogen) atoms. The van der Waals surface area contributed by atoms with E-state index in [4.69, 9.17) is 15.3 Å². The Morgan fingerprint density at radius 3 is 2.68 bits per heavy atom. The summed E-state index contributed by atoms with van der Waals surface area (Å²) in [4.78, 5) is 21.1. The topological polar surface area (TPSA) is 121 Å². The summed E-state index contributed by atoms with van der Waals surface area (Å²) in [6.07, 6.45) is -0.892. The van der Waals surface area contributed by atoms with Crippen molar-refractivity contribution >= 4 is 23.4 Å². The van der Waals surface area contributed by atoms with Gasteiger partial charge in [0.05, 0.1) is 17.6 Å². The molecule has 0 radical (unpaired) electrons. The van der Waals surface area contributed by atoms with Crippen LogP contribution >= 0.6 is 11.8 Å². The Bertz CT molecular complexity index is 478. The molecule has 0 saturated heterocycles. The van der Waals surface area contributed by atoms with Crippen LogP contribution < -0.4 is 0 Å². The van der Waals surface area contributed by atoms with Crippen molar-refractivity contribution in [3.63, 3.8) is 0 Å². The second-order valence-electron chi connectivity index (χ2n) is 3.73. The van der Waals surface area contributed by atoms with Gasteiger partial charge in [0.2, 0.25) is 0 Å². The van der Waals surface area contributed by atoms with E-state index in [1.54, 1.807) is 0 Å². The number of aromatic carboxylic acids is 1. The second-order valence-corrected chi connectivity index (χ2v) is 4.76. The predicted octanol–water partition coefficient (Wildman–Crippen LogP) is 0.879. The minimum atomic E-state index is -1.36. The maximum Gasteiger partial charge on any atom is 0.343 e. The third-order valence-electron chi connectivity index (χ3n) is 2.32. The number of aliphatic hydroxyl groups is 2. The predicted molar refractivity (Wildman–Crippen MR) is 69.3 cm³/mol. The van der Waals surface area contributed by atoms with Gasteiger partial charge < -0.3 is 15.3 Å². The molecule has 1 aromatic carbocycles. The molecule has 1 aromatic rings. The SMILES string of the molecule is O=C(O)c1c(CSCC(O)CO)cccc1[N+](=O)[O-]. The number of benzene rings is 1. The summed E-state index contributed by atoms with van der Waals surface area (Å²) in [5.41, 5.74) is -0.469. The van der Waals surface area contributed by atoms with Gasteiger partial charge in [-0.3, -0.25) is 10.1 Å². The number of nitro benzene ring substituents is 1.